The van der Waals surface area contributed by atoms with Gasteiger partial charge in [0.2, 0.25) is 0 Å². The molecule has 2 atom stereocenters. The quantitative estimate of drug-likeness (QED) is 0.778. The number of esters is 1. The summed E-state index contributed by atoms with van der Waals surface area (Å²) in [6.45, 7) is 2.00. The number of ketones is 1. The largest absolute Gasteiger partial charge is 0.469 e. The highest BCUT2D eigenvalue weighted by Gasteiger charge is 2.42. The van der Waals surface area contributed by atoms with Crippen LogP contribution in [0, 0.1) is 11.3 Å². The Bertz CT molecular complexity index is 494. The normalized spacial score (nSPS) is 25.6. The number of ether oxygens (including phenoxy) is 1. The zero-order valence-electron chi connectivity index (χ0n) is 12.9. The summed E-state index contributed by atoms with van der Waals surface area (Å²) in [5, 5.41) is 0. The molecule has 0 spiro atoms. The Morgan fingerprint density at radius 3 is 2.62 bits per heavy atom. The van der Waals surface area contributed by atoms with E-state index in [0.29, 0.717) is 12.3 Å². The number of benzene rings is 1. The molecule has 0 N–H and O–H groups in total. The molecule has 1 aromatic carbocycles. The minimum Gasteiger partial charge on any atom is -0.469 e. The van der Waals surface area contributed by atoms with Gasteiger partial charge in [-0.15, -0.1) is 0 Å². The SMILES string of the molecule is CC[C@@]1(CC(=O)OC)CCC(Cc2ccccc2)CC1=O. The Labute approximate surface area is 126 Å². The maximum atomic E-state index is 12.6. The molecule has 2 rings (SSSR count). The summed E-state index contributed by atoms with van der Waals surface area (Å²) in [4.78, 5) is 24.2. The molecule has 0 heterocycles. The highest BCUT2D eigenvalue weighted by molar-refractivity contribution is 5.89. The van der Waals surface area contributed by atoms with Crippen LogP contribution < -0.4 is 0 Å². The van der Waals surface area contributed by atoms with Gasteiger partial charge in [-0.2, -0.15) is 0 Å². The lowest BCUT2D eigenvalue weighted by Gasteiger charge is -2.37. The van der Waals surface area contributed by atoms with Gasteiger partial charge >= 0.3 is 5.97 Å². The fourth-order valence-electron chi connectivity index (χ4n) is 3.36. The zero-order chi connectivity index (χ0) is 15.3. The lowest BCUT2D eigenvalue weighted by molar-refractivity contribution is -0.149. The van der Waals surface area contributed by atoms with Crippen LogP contribution in [0.1, 0.15) is 44.6 Å². The maximum absolute atomic E-state index is 12.6. The molecule has 3 nitrogen and oxygen atoms in total. The Hall–Kier alpha value is -1.64. The number of methoxy groups -OCH3 is 1. The summed E-state index contributed by atoms with van der Waals surface area (Å²) >= 11 is 0. The number of Topliss-reactive ketones (excluding diaryl/α,β-unsaturated/α-hetero) is 1. The Kier molecular flexibility index (Phi) is 5.16. The molecule has 0 radical (unpaired) electrons. The van der Waals surface area contributed by atoms with Gasteiger partial charge in [0.05, 0.1) is 13.5 Å². The van der Waals surface area contributed by atoms with Gasteiger partial charge in [0.15, 0.2) is 0 Å². The average molecular weight is 288 g/mol. The molecule has 0 bridgehead atoms. The van der Waals surface area contributed by atoms with Crippen molar-refractivity contribution in [2.45, 2.75) is 45.4 Å². The van der Waals surface area contributed by atoms with Crippen LogP contribution in [0.5, 0.6) is 0 Å². The second kappa shape index (κ2) is 6.88. The monoisotopic (exact) mass is 288 g/mol. The zero-order valence-corrected chi connectivity index (χ0v) is 12.9. The molecule has 1 saturated carbocycles. The van der Waals surface area contributed by atoms with Crippen molar-refractivity contribution in [3.8, 4) is 0 Å². The molecule has 3 heteroatoms. The number of rotatable bonds is 5. The van der Waals surface area contributed by atoms with Crippen molar-refractivity contribution in [1.29, 1.82) is 0 Å². The molecule has 0 aromatic heterocycles. The van der Waals surface area contributed by atoms with Gasteiger partial charge in [0.25, 0.3) is 0 Å². The second-order valence-corrected chi connectivity index (χ2v) is 6.11. The van der Waals surface area contributed by atoms with Crippen molar-refractivity contribution in [1.82, 2.24) is 0 Å². The van der Waals surface area contributed by atoms with Gasteiger partial charge in [0, 0.05) is 11.8 Å². The molecule has 1 aromatic rings. The second-order valence-electron chi connectivity index (χ2n) is 6.11. The minimum absolute atomic E-state index is 0.233. The van der Waals surface area contributed by atoms with E-state index in [4.69, 9.17) is 4.74 Å². The third-order valence-corrected chi connectivity index (χ3v) is 4.85. The molecular weight excluding hydrogens is 264 g/mol. The fourth-order valence-corrected chi connectivity index (χ4v) is 3.36. The van der Waals surface area contributed by atoms with Gasteiger partial charge in [-0.25, -0.2) is 0 Å². The number of hydrogen-bond donors (Lipinski definition) is 0. The highest BCUT2D eigenvalue weighted by Crippen LogP contribution is 2.42. The molecule has 21 heavy (non-hydrogen) atoms. The standard InChI is InChI=1S/C18H24O3/c1-3-18(13-17(20)21-2)10-9-15(12-16(18)19)11-14-7-5-4-6-8-14/h4-8,15H,3,9-13H2,1-2H3/t15?,18-/m0/s1. The minimum atomic E-state index is -0.486. The predicted molar refractivity (Wildman–Crippen MR) is 81.9 cm³/mol. The molecule has 114 valence electrons. The first-order chi connectivity index (χ1) is 10.1. The van der Waals surface area contributed by atoms with E-state index in [2.05, 4.69) is 12.1 Å². The molecule has 1 fully saturated rings. The van der Waals surface area contributed by atoms with E-state index in [-0.39, 0.29) is 18.2 Å². The van der Waals surface area contributed by atoms with Crippen molar-refractivity contribution in [2.24, 2.45) is 11.3 Å². The van der Waals surface area contributed by atoms with E-state index in [0.717, 1.165) is 25.7 Å². The molecule has 1 aliphatic rings. The van der Waals surface area contributed by atoms with Crippen molar-refractivity contribution in [3.63, 3.8) is 0 Å². The van der Waals surface area contributed by atoms with Crippen LogP contribution in [0.15, 0.2) is 30.3 Å². The molecular formula is C18H24O3. The summed E-state index contributed by atoms with van der Waals surface area (Å²) in [6, 6.07) is 10.3. The summed E-state index contributed by atoms with van der Waals surface area (Å²) in [6.07, 6.45) is 4.29. The smallest absolute Gasteiger partial charge is 0.306 e. The van der Waals surface area contributed by atoms with Crippen LogP contribution in [-0.4, -0.2) is 18.9 Å². The van der Waals surface area contributed by atoms with Gasteiger partial charge in [0.1, 0.15) is 5.78 Å². The third kappa shape index (κ3) is 3.72. The molecule has 0 amide bonds. The number of hydrogen-bond acceptors (Lipinski definition) is 3. The summed E-state index contributed by atoms with van der Waals surface area (Å²) in [5.41, 5.74) is 0.799. The fraction of sp³-hybridized carbons (Fsp3) is 0.556. The Morgan fingerprint density at radius 2 is 2.05 bits per heavy atom. The first-order valence-electron chi connectivity index (χ1n) is 7.73. The summed E-state index contributed by atoms with van der Waals surface area (Å²) in [5.74, 6) is 0.367. The average Bonchev–Trinajstić information content (AvgIpc) is 2.51. The van der Waals surface area contributed by atoms with E-state index >= 15 is 0 Å². The molecule has 1 unspecified atom stereocenters. The maximum Gasteiger partial charge on any atom is 0.306 e. The molecule has 0 saturated heterocycles. The van der Waals surface area contributed by atoms with Crippen molar-refractivity contribution < 1.29 is 14.3 Å². The number of carbonyl (C=O) groups is 2. The van der Waals surface area contributed by atoms with Crippen LogP contribution in [-0.2, 0) is 20.7 Å². The van der Waals surface area contributed by atoms with Crippen LogP contribution in [0.4, 0.5) is 0 Å². The van der Waals surface area contributed by atoms with E-state index in [1.807, 2.05) is 25.1 Å². The van der Waals surface area contributed by atoms with Crippen molar-refractivity contribution >= 4 is 11.8 Å². The molecule has 0 aliphatic heterocycles. The van der Waals surface area contributed by atoms with Gasteiger partial charge < -0.3 is 4.74 Å². The first-order valence-corrected chi connectivity index (χ1v) is 7.73. The summed E-state index contributed by atoms with van der Waals surface area (Å²) in [7, 11) is 1.39. The first kappa shape index (κ1) is 15.7. The van der Waals surface area contributed by atoms with Crippen molar-refractivity contribution in [3.05, 3.63) is 35.9 Å². The van der Waals surface area contributed by atoms with Crippen molar-refractivity contribution in [2.75, 3.05) is 7.11 Å². The van der Waals surface area contributed by atoms with Gasteiger partial charge in [-0.1, -0.05) is 37.3 Å². The summed E-state index contributed by atoms with van der Waals surface area (Å²) < 4.78 is 4.76. The van der Waals surface area contributed by atoms with E-state index < -0.39 is 5.41 Å². The lowest BCUT2D eigenvalue weighted by Crippen LogP contribution is -2.39. The van der Waals surface area contributed by atoms with Gasteiger partial charge in [-0.3, -0.25) is 9.59 Å². The van der Waals surface area contributed by atoms with E-state index in [1.165, 1.54) is 12.7 Å². The third-order valence-electron chi connectivity index (χ3n) is 4.85. The van der Waals surface area contributed by atoms with Crippen LogP contribution in [0.2, 0.25) is 0 Å². The topological polar surface area (TPSA) is 43.4 Å². The molecule has 1 aliphatic carbocycles. The van der Waals surface area contributed by atoms with Crippen LogP contribution in [0.25, 0.3) is 0 Å². The predicted octanol–water partition coefficient (Wildman–Crippen LogP) is 3.56. The number of carbonyl (C=O) groups excluding carboxylic acids is 2. The lowest BCUT2D eigenvalue weighted by atomic mass is 9.65. The van der Waals surface area contributed by atoms with E-state index in [1.54, 1.807) is 0 Å². The van der Waals surface area contributed by atoms with Gasteiger partial charge in [-0.05, 0) is 37.2 Å². The van der Waals surface area contributed by atoms with E-state index in [9.17, 15) is 9.59 Å². The Morgan fingerprint density at radius 1 is 1.33 bits per heavy atom. The Balaban J connectivity index is 2.00. The highest BCUT2D eigenvalue weighted by atomic mass is 16.5. The van der Waals surface area contributed by atoms with Crippen LogP contribution >= 0.6 is 0 Å². The van der Waals surface area contributed by atoms with Crippen LogP contribution in [0.3, 0.4) is 0 Å².